The van der Waals surface area contributed by atoms with E-state index in [0.717, 1.165) is 57.9 Å². The third-order valence-electron chi connectivity index (χ3n) is 4.94. The minimum Gasteiger partial charge on any atom is -0.339 e. The number of rotatable bonds is 3. The number of amides is 1. The van der Waals surface area contributed by atoms with Crippen molar-refractivity contribution in [3.05, 3.63) is 23.8 Å². The highest BCUT2D eigenvalue weighted by atomic mass is 16.2. The summed E-state index contributed by atoms with van der Waals surface area (Å²) in [5, 5.41) is 0. The van der Waals surface area contributed by atoms with Crippen LogP contribution in [0.15, 0.2) is 12.5 Å². The van der Waals surface area contributed by atoms with Gasteiger partial charge in [0, 0.05) is 45.5 Å². The zero-order valence-corrected chi connectivity index (χ0v) is 13.5. The molecule has 1 fully saturated rings. The molecule has 120 valence electrons. The van der Waals surface area contributed by atoms with Crippen LogP contribution in [0.3, 0.4) is 0 Å². The van der Waals surface area contributed by atoms with Crippen LogP contribution in [-0.4, -0.2) is 75.9 Å². The first-order valence-corrected chi connectivity index (χ1v) is 8.22. The SMILES string of the molecule is CCN1CCN(C(=O)[C@@H](C)N2CCc3cncnc3C2)CC1. The number of hydrogen-bond donors (Lipinski definition) is 0. The molecule has 3 heterocycles. The maximum absolute atomic E-state index is 12.7. The van der Waals surface area contributed by atoms with Crippen LogP contribution in [0.4, 0.5) is 0 Å². The van der Waals surface area contributed by atoms with Gasteiger partial charge >= 0.3 is 0 Å². The number of carbonyl (C=O) groups is 1. The molecule has 6 nitrogen and oxygen atoms in total. The highest BCUT2D eigenvalue weighted by Gasteiger charge is 2.30. The van der Waals surface area contributed by atoms with E-state index >= 15 is 0 Å². The Morgan fingerprint density at radius 1 is 1.27 bits per heavy atom. The largest absolute Gasteiger partial charge is 0.339 e. The number of aromatic nitrogens is 2. The third kappa shape index (κ3) is 3.13. The molecule has 0 aliphatic carbocycles. The summed E-state index contributed by atoms with van der Waals surface area (Å²) in [6.07, 6.45) is 4.42. The van der Waals surface area contributed by atoms with Gasteiger partial charge in [0.05, 0.1) is 11.7 Å². The van der Waals surface area contributed by atoms with Gasteiger partial charge in [0.15, 0.2) is 0 Å². The van der Waals surface area contributed by atoms with Crippen LogP contribution in [0.2, 0.25) is 0 Å². The molecule has 2 aliphatic rings. The van der Waals surface area contributed by atoms with Gasteiger partial charge in [-0.3, -0.25) is 9.69 Å². The normalized spacial score (nSPS) is 21.5. The molecular weight excluding hydrogens is 278 g/mol. The predicted molar refractivity (Wildman–Crippen MR) is 84.3 cm³/mol. The highest BCUT2D eigenvalue weighted by molar-refractivity contribution is 5.81. The fourth-order valence-electron chi connectivity index (χ4n) is 3.31. The quantitative estimate of drug-likeness (QED) is 0.808. The van der Waals surface area contributed by atoms with E-state index in [1.165, 1.54) is 5.56 Å². The van der Waals surface area contributed by atoms with Crippen molar-refractivity contribution in [2.24, 2.45) is 0 Å². The van der Waals surface area contributed by atoms with E-state index in [-0.39, 0.29) is 11.9 Å². The number of nitrogens with zero attached hydrogens (tertiary/aromatic N) is 5. The summed E-state index contributed by atoms with van der Waals surface area (Å²) in [6.45, 7) is 10.6. The first-order valence-electron chi connectivity index (χ1n) is 8.22. The molecule has 0 spiro atoms. The smallest absolute Gasteiger partial charge is 0.239 e. The van der Waals surface area contributed by atoms with Gasteiger partial charge < -0.3 is 9.80 Å². The molecule has 0 bridgehead atoms. The van der Waals surface area contributed by atoms with Crippen molar-refractivity contribution >= 4 is 5.91 Å². The Bertz CT molecular complexity index is 527. The number of likely N-dealkylation sites (N-methyl/N-ethyl adjacent to an activating group) is 1. The van der Waals surface area contributed by atoms with E-state index in [2.05, 4.69) is 26.7 Å². The Morgan fingerprint density at radius 3 is 2.77 bits per heavy atom. The van der Waals surface area contributed by atoms with Gasteiger partial charge in [-0.2, -0.15) is 0 Å². The summed E-state index contributed by atoms with van der Waals surface area (Å²) >= 11 is 0. The highest BCUT2D eigenvalue weighted by Crippen LogP contribution is 2.19. The lowest BCUT2D eigenvalue weighted by Crippen LogP contribution is -2.54. The number of piperazine rings is 1. The molecule has 2 aliphatic heterocycles. The van der Waals surface area contributed by atoms with Crippen LogP contribution < -0.4 is 0 Å². The first-order chi connectivity index (χ1) is 10.7. The molecule has 0 radical (unpaired) electrons. The molecule has 22 heavy (non-hydrogen) atoms. The number of carbonyl (C=O) groups excluding carboxylic acids is 1. The van der Waals surface area contributed by atoms with Crippen molar-refractivity contribution in [1.29, 1.82) is 0 Å². The van der Waals surface area contributed by atoms with Crippen molar-refractivity contribution < 1.29 is 4.79 Å². The average molecular weight is 303 g/mol. The minimum absolute atomic E-state index is 0.0729. The van der Waals surface area contributed by atoms with E-state index < -0.39 is 0 Å². The summed E-state index contributed by atoms with van der Waals surface area (Å²) in [5.74, 6) is 0.258. The summed E-state index contributed by atoms with van der Waals surface area (Å²) < 4.78 is 0. The second-order valence-corrected chi connectivity index (χ2v) is 6.15. The number of hydrogen-bond acceptors (Lipinski definition) is 5. The Kier molecular flexibility index (Phi) is 4.69. The molecule has 1 amide bonds. The summed E-state index contributed by atoms with van der Waals surface area (Å²) in [4.78, 5) is 27.8. The van der Waals surface area contributed by atoms with Gasteiger partial charge in [0.25, 0.3) is 0 Å². The third-order valence-corrected chi connectivity index (χ3v) is 4.94. The molecular formula is C16H25N5O. The van der Waals surface area contributed by atoms with E-state index in [4.69, 9.17) is 0 Å². The van der Waals surface area contributed by atoms with Gasteiger partial charge in [-0.25, -0.2) is 9.97 Å². The van der Waals surface area contributed by atoms with Crippen molar-refractivity contribution in [3.63, 3.8) is 0 Å². The maximum atomic E-state index is 12.7. The predicted octanol–water partition coefficient (Wildman–Crippen LogP) is 0.387. The maximum Gasteiger partial charge on any atom is 0.239 e. The topological polar surface area (TPSA) is 52.6 Å². The van der Waals surface area contributed by atoms with Gasteiger partial charge in [-0.05, 0) is 25.5 Å². The van der Waals surface area contributed by atoms with Crippen LogP contribution in [0.5, 0.6) is 0 Å². The molecule has 1 saturated heterocycles. The minimum atomic E-state index is -0.0729. The van der Waals surface area contributed by atoms with E-state index in [0.29, 0.717) is 0 Å². The molecule has 1 aromatic heterocycles. The fraction of sp³-hybridized carbons (Fsp3) is 0.688. The Labute approximate surface area is 132 Å². The van der Waals surface area contributed by atoms with E-state index in [1.807, 2.05) is 18.0 Å². The van der Waals surface area contributed by atoms with Crippen LogP contribution >= 0.6 is 0 Å². The van der Waals surface area contributed by atoms with Gasteiger partial charge in [-0.15, -0.1) is 0 Å². The van der Waals surface area contributed by atoms with E-state index in [1.54, 1.807) is 6.33 Å². The molecule has 1 atom stereocenters. The number of fused-ring (bicyclic) bond motifs is 1. The molecule has 3 rings (SSSR count). The molecule has 1 aromatic rings. The van der Waals surface area contributed by atoms with Crippen LogP contribution in [-0.2, 0) is 17.8 Å². The molecule has 0 unspecified atom stereocenters. The zero-order chi connectivity index (χ0) is 15.5. The lowest BCUT2D eigenvalue weighted by molar-refractivity contribution is -0.138. The van der Waals surface area contributed by atoms with Gasteiger partial charge in [-0.1, -0.05) is 6.92 Å². The second kappa shape index (κ2) is 6.71. The molecule has 0 N–H and O–H groups in total. The molecule has 0 saturated carbocycles. The monoisotopic (exact) mass is 303 g/mol. The second-order valence-electron chi connectivity index (χ2n) is 6.15. The lowest BCUT2D eigenvalue weighted by Gasteiger charge is -2.38. The Balaban J connectivity index is 1.60. The van der Waals surface area contributed by atoms with E-state index in [9.17, 15) is 4.79 Å². The van der Waals surface area contributed by atoms with Crippen molar-refractivity contribution in [1.82, 2.24) is 24.7 Å². The van der Waals surface area contributed by atoms with Crippen LogP contribution in [0.1, 0.15) is 25.1 Å². The average Bonchev–Trinajstić information content (AvgIpc) is 2.60. The standard InChI is InChI=1S/C16H25N5O/c1-3-19-6-8-20(9-7-19)16(22)13(2)21-5-4-14-10-17-12-18-15(14)11-21/h10,12-13H,3-9,11H2,1-2H3/t13-/m1/s1. The van der Waals surface area contributed by atoms with Crippen molar-refractivity contribution in [2.45, 2.75) is 32.9 Å². The van der Waals surface area contributed by atoms with Crippen LogP contribution in [0.25, 0.3) is 0 Å². The summed E-state index contributed by atoms with van der Waals surface area (Å²) in [7, 11) is 0. The molecule has 0 aromatic carbocycles. The summed E-state index contributed by atoms with van der Waals surface area (Å²) in [6, 6.07) is -0.0729. The first kappa shape index (κ1) is 15.4. The lowest BCUT2D eigenvalue weighted by atomic mass is 10.0. The zero-order valence-electron chi connectivity index (χ0n) is 13.5. The van der Waals surface area contributed by atoms with Crippen LogP contribution in [0, 0.1) is 0 Å². The molecule has 6 heteroatoms. The Hall–Kier alpha value is -1.53. The van der Waals surface area contributed by atoms with Crippen molar-refractivity contribution in [2.75, 3.05) is 39.3 Å². The van der Waals surface area contributed by atoms with Gasteiger partial charge in [0.2, 0.25) is 5.91 Å². The Morgan fingerprint density at radius 2 is 2.05 bits per heavy atom. The summed E-state index contributed by atoms with van der Waals surface area (Å²) in [5.41, 5.74) is 2.28. The van der Waals surface area contributed by atoms with Crippen molar-refractivity contribution in [3.8, 4) is 0 Å². The fourth-order valence-corrected chi connectivity index (χ4v) is 3.31. The van der Waals surface area contributed by atoms with Gasteiger partial charge in [0.1, 0.15) is 6.33 Å².